The first-order valence-electron chi connectivity index (χ1n) is 7.92. The Labute approximate surface area is 129 Å². The van der Waals surface area contributed by atoms with E-state index in [1.54, 1.807) is 7.11 Å². The van der Waals surface area contributed by atoms with E-state index in [1.807, 2.05) is 0 Å². The van der Waals surface area contributed by atoms with Crippen molar-refractivity contribution in [2.24, 2.45) is 5.92 Å². The number of likely N-dealkylation sites (N-methyl/N-ethyl adjacent to an activating group) is 1. The van der Waals surface area contributed by atoms with E-state index < -0.39 is 0 Å². The van der Waals surface area contributed by atoms with Gasteiger partial charge >= 0.3 is 0 Å². The minimum atomic E-state index is 0.330. The fourth-order valence-electron chi connectivity index (χ4n) is 2.45. The Morgan fingerprint density at radius 3 is 2.52 bits per heavy atom. The average Bonchev–Trinajstić information content (AvgIpc) is 2.42. The van der Waals surface area contributed by atoms with Crippen LogP contribution in [0.2, 0.25) is 0 Å². The van der Waals surface area contributed by atoms with Gasteiger partial charge in [0.15, 0.2) is 0 Å². The SMILES string of the molecule is CCN(c1ccc(CNCC(C)C)c(C)n1)C(C)COC. The maximum Gasteiger partial charge on any atom is 0.129 e. The number of nitrogens with zero attached hydrogens (tertiary/aromatic N) is 2. The molecule has 0 saturated heterocycles. The fraction of sp³-hybridized carbons (Fsp3) is 0.706. The summed E-state index contributed by atoms with van der Waals surface area (Å²) in [6.45, 7) is 14.4. The number of methoxy groups -OCH3 is 1. The van der Waals surface area contributed by atoms with Crippen molar-refractivity contribution < 1.29 is 4.74 Å². The van der Waals surface area contributed by atoms with Crippen LogP contribution in [0.15, 0.2) is 12.1 Å². The lowest BCUT2D eigenvalue weighted by Crippen LogP contribution is -2.36. The zero-order chi connectivity index (χ0) is 15.8. The number of rotatable bonds is 9. The average molecular weight is 293 g/mol. The molecule has 0 radical (unpaired) electrons. The first-order chi connectivity index (χ1) is 9.99. The Kier molecular flexibility index (Phi) is 7.68. The van der Waals surface area contributed by atoms with Crippen molar-refractivity contribution in [2.45, 2.75) is 47.2 Å². The maximum absolute atomic E-state index is 5.26. The molecule has 0 fully saturated rings. The van der Waals surface area contributed by atoms with Gasteiger partial charge in [0, 0.05) is 25.9 Å². The highest BCUT2D eigenvalue weighted by Crippen LogP contribution is 2.17. The van der Waals surface area contributed by atoms with Crippen molar-refractivity contribution >= 4 is 5.82 Å². The molecule has 0 amide bonds. The topological polar surface area (TPSA) is 37.4 Å². The lowest BCUT2D eigenvalue weighted by molar-refractivity contribution is 0.181. The van der Waals surface area contributed by atoms with Gasteiger partial charge in [-0.25, -0.2) is 4.98 Å². The van der Waals surface area contributed by atoms with E-state index in [9.17, 15) is 0 Å². The molecule has 1 aromatic heterocycles. The van der Waals surface area contributed by atoms with Gasteiger partial charge in [-0.05, 0) is 44.9 Å². The number of anilines is 1. The Morgan fingerprint density at radius 2 is 2.00 bits per heavy atom. The standard InChI is InChI=1S/C17H31N3O/c1-7-20(14(4)12-21-6)17-9-8-16(15(5)19-17)11-18-10-13(2)3/h8-9,13-14,18H,7,10-12H2,1-6H3. The van der Waals surface area contributed by atoms with Crippen LogP contribution >= 0.6 is 0 Å². The van der Waals surface area contributed by atoms with Crippen LogP contribution in [0.3, 0.4) is 0 Å². The van der Waals surface area contributed by atoms with Gasteiger partial charge in [-0.15, -0.1) is 0 Å². The summed E-state index contributed by atoms with van der Waals surface area (Å²) >= 11 is 0. The summed E-state index contributed by atoms with van der Waals surface area (Å²) in [5, 5.41) is 3.47. The van der Waals surface area contributed by atoms with Gasteiger partial charge in [0.05, 0.1) is 12.6 Å². The molecule has 1 heterocycles. The number of aryl methyl sites for hydroxylation is 1. The highest BCUT2D eigenvalue weighted by atomic mass is 16.5. The highest BCUT2D eigenvalue weighted by Gasteiger charge is 2.14. The zero-order valence-corrected chi connectivity index (χ0v) is 14.4. The first kappa shape index (κ1) is 17.9. The van der Waals surface area contributed by atoms with Crippen LogP contribution in [-0.4, -0.2) is 37.8 Å². The van der Waals surface area contributed by atoms with Crippen molar-refractivity contribution in [2.75, 3.05) is 31.7 Å². The lowest BCUT2D eigenvalue weighted by Gasteiger charge is -2.29. The van der Waals surface area contributed by atoms with Crippen LogP contribution in [0, 0.1) is 12.8 Å². The number of pyridine rings is 1. The number of hydrogen-bond donors (Lipinski definition) is 1. The molecule has 4 nitrogen and oxygen atoms in total. The van der Waals surface area contributed by atoms with E-state index in [1.165, 1.54) is 5.56 Å². The van der Waals surface area contributed by atoms with Crippen molar-refractivity contribution in [1.82, 2.24) is 10.3 Å². The Bertz CT molecular complexity index is 420. The molecule has 0 saturated carbocycles. The molecule has 1 atom stereocenters. The Morgan fingerprint density at radius 1 is 1.29 bits per heavy atom. The van der Waals surface area contributed by atoms with Crippen LogP contribution in [0.25, 0.3) is 0 Å². The molecule has 0 spiro atoms. The molecule has 120 valence electrons. The van der Waals surface area contributed by atoms with E-state index >= 15 is 0 Å². The van der Waals surface area contributed by atoms with Crippen molar-refractivity contribution in [3.63, 3.8) is 0 Å². The molecule has 0 aliphatic heterocycles. The maximum atomic E-state index is 5.26. The third-order valence-electron chi connectivity index (χ3n) is 3.62. The van der Waals surface area contributed by atoms with Gasteiger partial charge in [0.1, 0.15) is 5.82 Å². The summed E-state index contributed by atoms with van der Waals surface area (Å²) in [7, 11) is 1.74. The Balaban J connectivity index is 2.75. The third-order valence-corrected chi connectivity index (χ3v) is 3.62. The van der Waals surface area contributed by atoms with E-state index in [0.29, 0.717) is 18.6 Å². The Hall–Kier alpha value is -1.13. The highest BCUT2D eigenvalue weighted by molar-refractivity contribution is 5.42. The quantitative estimate of drug-likeness (QED) is 0.759. The molecule has 0 aliphatic carbocycles. The molecule has 1 unspecified atom stereocenters. The number of nitrogens with one attached hydrogen (secondary N) is 1. The van der Waals surface area contributed by atoms with E-state index in [2.05, 4.69) is 57.0 Å². The van der Waals surface area contributed by atoms with Crippen LogP contribution in [-0.2, 0) is 11.3 Å². The van der Waals surface area contributed by atoms with Gasteiger partial charge in [-0.1, -0.05) is 19.9 Å². The summed E-state index contributed by atoms with van der Waals surface area (Å²) in [4.78, 5) is 7.06. The largest absolute Gasteiger partial charge is 0.383 e. The molecule has 21 heavy (non-hydrogen) atoms. The van der Waals surface area contributed by atoms with E-state index in [4.69, 9.17) is 9.72 Å². The number of hydrogen-bond acceptors (Lipinski definition) is 4. The predicted octanol–water partition coefficient (Wildman–Crippen LogP) is 3.00. The molecule has 0 aromatic carbocycles. The monoisotopic (exact) mass is 293 g/mol. The predicted molar refractivity (Wildman–Crippen MR) is 89.9 cm³/mol. The van der Waals surface area contributed by atoms with Gasteiger partial charge in [-0.2, -0.15) is 0 Å². The number of aromatic nitrogens is 1. The third kappa shape index (κ3) is 5.64. The van der Waals surface area contributed by atoms with Crippen molar-refractivity contribution in [3.05, 3.63) is 23.4 Å². The smallest absolute Gasteiger partial charge is 0.129 e. The normalized spacial score (nSPS) is 12.7. The summed E-state index contributed by atoms with van der Waals surface area (Å²) in [5.74, 6) is 1.70. The lowest BCUT2D eigenvalue weighted by atomic mass is 10.1. The minimum absolute atomic E-state index is 0.330. The van der Waals surface area contributed by atoms with Crippen LogP contribution < -0.4 is 10.2 Å². The van der Waals surface area contributed by atoms with E-state index in [0.717, 1.165) is 31.1 Å². The fourth-order valence-corrected chi connectivity index (χ4v) is 2.45. The molecule has 0 aliphatic rings. The summed E-state index contributed by atoms with van der Waals surface area (Å²) in [5.41, 5.74) is 2.38. The minimum Gasteiger partial charge on any atom is -0.383 e. The molecule has 1 rings (SSSR count). The second-order valence-corrected chi connectivity index (χ2v) is 6.03. The molecule has 1 N–H and O–H groups in total. The summed E-state index contributed by atoms with van der Waals surface area (Å²) in [6.07, 6.45) is 0. The molecular formula is C17H31N3O. The van der Waals surface area contributed by atoms with E-state index in [-0.39, 0.29) is 0 Å². The molecule has 4 heteroatoms. The molecular weight excluding hydrogens is 262 g/mol. The molecule has 0 bridgehead atoms. The summed E-state index contributed by atoms with van der Waals surface area (Å²) < 4.78 is 5.26. The van der Waals surface area contributed by atoms with Crippen LogP contribution in [0.5, 0.6) is 0 Å². The second kappa shape index (κ2) is 9.00. The van der Waals surface area contributed by atoms with Gasteiger partial charge < -0.3 is 15.0 Å². The molecule has 1 aromatic rings. The van der Waals surface area contributed by atoms with Crippen LogP contribution in [0.4, 0.5) is 5.82 Å². The van der Waals surface area contributed by atoms with Gasteiger partial charge in [0.2, 0.25) is 0 Å². The van der Waals surface area contributed by atoms with Crippen LogP contribution in [0.1, 0.15) is 39.0 Å². The zero-order valence-electron chi connectivity index (χ0n) is 14.4. The first-order valence-corrected chi connectivity index (χ1v) is 7.92. The van der Waals surface area contributed by atoms with Gasteiger partial charge in [0.25, 0.3) is 0 Å². The second-order valence-electron chi connectivity index (χ2n) is 6.03. The summed E-state index contributed by atoms with van der Waals surface area (Å²) in [6, 6.07) is 4.64. The van der Waals surface area contributed by atoms with Gasteiger partial charge in [-0.3, -0.25) is 0 Å². The number of ether oxygens (including phenoxy) is 1. The van der Waals surface area contributed by atoms with Crippen molar-refractivity contribution in [3.8, 4) is 0 Å². The van der Waals surface area contributed by atoms with Crippen molar-refractivity contribution in [1.29, 1.82) is 0 Å².